The minimum Gasteiger partial charge on any atom is -0.381 e. The van der Waals surface area contributed by atoms with Crippen LogP contribution in [0.4, 0.5) is 0 Å². The lowest BCUT2D eigenvalue weighted by Crippen LogP contribution is -2.05. The van der Waals surface area contributed by atoms with Gasteiger partial charge >= 0.3 is 0 Å². The summed E-state index contributed by atoms with van der Waals surface area (Å²) in [5, 5.41) is 0. The van der Waals surface area contributed by atoms with Crippen LogP contribution in [0.5, 0.6) is 0 Å². The van der Waals surface area contributed by atoms with Crippen molar-refractivity contribution in [3.05, 3.63) is 0 Å². The summed E-state index contributed by atoms with van der Waals surface area (Å²) in [4.78, 5) is 0. The van der Waals surface area contributed by atoms with Crippen LogP contribution in [0.25, 0.3) is 0 Å². The van der Waals surface area contributed by atoms with Crippen LogP contribution in [0, 0.1) is 0 Å². The zero-order valence-corrected chi connectivity index (χ0v) is 11.7. The van der Waals surface area contributed by atoms with Crippen molar-refractivity contribution >= 4 is 0 Å². The molecule has 19 heavy (non-hydrogen) atoms. The summed E-state index contributed by atoms with van der Waals surface area (Å²) >= 11 is 0. The molecule has 2 aliphatic heterocycles. The van der Waals surface area contributed by atoms with E-state index in [2.05, 4.69) is 0 Å². The zero-order valence-electron chi connectivity index (χ0n) is 11.7. The molecule has 0 spiro atoms. The summed E-state index contributed by atoms with van der Waals surface area (Å²) in [5.74, 6) is 0. The molecule has 2 rings (SSSR count). The van der Waals surface area contributed by atoms with Crippen molar-refractivity contribution in [3.63, 3.8) is 0 Å². The molecule has 2 unspecified atom stereocenters. The molecule has 0 N–H and O–H groups in total. The van der Waals surface area contributed by atoms with Crippen molar-refractivity contribution in [3.8, 4) is 0 Å². The first-order valence-corrected chi connectivity index (χ1v) is 7.41. The van der Waals surface area contributed by atoms with E-state index in [4.69, 9.17) is 23.7 Å². The average Bonchev–Trinajstić information content (AvgIpc) is 3.28. The van der Waals surface area contributed by atoms with Gasteiger partial charge in [-0.15, -0.1) is 0 Å². The first-order chi connectivity index (χ1) is 9.45. The van der Waals surface area contributed by atoms with Crippen LogP contribution < -0.4 is 0 Å². The van der Waals surface area contributed by atoms with Crippen LogP contribution in [-0.4, -0.2) is 65.1 Å². The van der Waals surface area contributed by atoms with E-state index in [1.807, 2.05) is 0 Å². The average molecular weight is 274 g/mol. The fourth-order valence-corrected chi connectivity index (χ4v) is 1.68. The minimum atomic E-state index is 0.380. The Labute approximate surface area is 115 Å². The Bertz CT molecular complexity index is 194. The summed E-state index contributed by atoms with van der Waals surface area (Å²) in [6, 6.07) is 0. The van der Waals surface area contributed by atoms with Crippen molar-refractivity contribution < 1.29 is 23.7 Å². The summed E-state index contributed by atoms with van der Waals surface area (Å²) in [7, 11) is 0. The first-order valence-electron chi connectivity index (χ1n) is 7.41. The molecule has 0 bridgehead atoms. The van der Waals surface area contributed by atoms with Crippen LogP contribution in [0.3, 0.4) is 0 Å². The van der Waals surface area contributed by atoms with Gasteiger partial charge in [0.1, 0.15) is 12.2 Å². The van der Waals surface area contributed by atoms with E-state index in [-0.39, 0.29) is 0 Å². The molecule has 0 aromatic heterocycles. The van der Waals surface area contributed by atoms with Crippen molar-refractivity contribution in [2.75, 3.05) is 52.9 Å². The standard InChI is InChI=1S/C14H26O5/c1(3-7-16-9-13-11-18-13)5-15-6-2-4-8-17-10-14-12-19-14/h13-14H,1-12H2. The monoisotopic (exact) mass is 274 g/mol. The third-order valence-electron chi connectivity index (χ3n) is 3.07. The van der Waals surface area contributed by atoms with Gasteiger partial charge < -0.3 is 23.7 Å². The Morgan fingerprint density at radius 1 is 0.632 bits per heavy atom. The molecular weight excluding hydrogens is 248 g/mol. The van der Waals surface area contributed by atoms with E-state index in [0.29, 0.717) is 12.2 Å². The Hall–Kier alpha value is -0.200. The third kappa shape index (κ3) is 9.35. The molecule has 0 aromatic carbocycles. The van der Waals surface area contributed by atoms with E-state index >= 15 is 0 Å². The Morgan fingerprint density at radius 3 is 1.37 bits per heavy atom. The van der Waals surface area contributed by atoms with E-state index in [9.17, 15) is 0 Å². The highest BCUT2D eigenvalue weighted by atomic mass is 16.6. The number of unbranched alkanes of at least 4 members (excludes halogenated alkanes) is 2. The third-order valence-corrected chi connectivity index (χ3v) is 3.07. The molecule has 2 saturated heterocycles. The van der Waals surface area contributed by atoms with Gasteiger partial charge in [-0.3, -0.25) is 0 Å². The SMILES string of the molecule is C(CCOCC1CO1)COCCCCOCC1CO1. The molecule has 0 radical (unpaired) electrons. The van der Waals surface area contributed by atoms with Gasteiger partial charge in [0.2, 0.25) is 0 Å². The maximum absolute atomic E-state index is 5.55. The smallest absolute Gasteiger partial charge is 0.104 e. The molecule has 0 amide bonds. The quantitative estimate of drug-likeness (QED) is 0.354. The van der Waals surface area contributed by atoms with Gasteiger partial charge in [-0.25, -0.2) is 0 Å². The van der Waals surface area contributed by atoms with Crippen molar-refractivity contribution in [2.45, 2.75) is 37.9 Å². The Balaban J connectivity index is 1.18. The molecule has 112 valence electrons. The van der Waals surface area contributed by atoms with Crippen LogP contribution >= 0.6 is 0 Å². The maximum atomic E-state index is 5.55. The fraction of sp³-hybridized carbons (Fsp3) is 1.00. The second-order valence-electron chi connectivity index (χ2n) is 5.09. The molecule has 5 heteroatoms. The Kier molecular flexibility index (Phi) is 7.73. The Morgan fingerprint density at radius 2 is 1.00 bits per heavy atom. The number of ether oxygens (including phenoxy) is 5. The highest BCUT2D eigenvalue weighted by Gasteiger charge is 2.22. The second kappa shape index (κ2) is 9.66. The molecule has 2 atom stereocenters. The van der Waals surface area contributed by atoms with Crippen LogP contribution in [0.1, 0.15) is 25.7 Å². The van der Waals surface area contributed by atoms with Gasteiger partial charge in [0.05, 0.1) is 26.4 Å². The van der Waals surface area contributed by atoms with Crippen molar-refractivity contribution in [1.82, 2.24) is 0 Å². The molecule has 2 aliphatic rings. The highest BCUT2D eigenvalue weighted by Crippen LogP contribution is 2.09. The van der Waals surface area contributed by atoms with Crippen LogP contribution in [-0.2, 0) is 23.7 Å². The predicted molar refractivity (Wildman–Crippen MR) is 70.4 cm³/mol. The van der Waals surface area contributed by atoms with Crippen LogP contribution in [0.2, 0.25) is 0 Å². The zero-order chi connectivity index (χ0) is 13.2. The van der Waals surface area contributed by atoms with E-state index < -0.39 is 0 Å². The summed E-state index contributed by atoms with van der Waals surface area (Å²) in [6.07, 6.45) is 5.03. The lowest BCUT2D eigenvalue weighted by Gasteiger charge is -2.05. The van der Waals surface area contributed by atoms with Gasteiger partial charge in [-0.1, -0.05) is 0 Å². The summed E-state index contributed by atoms with van der Waals surface area (Å²) in [6.45, 7) is 6.57. The van der Waals surface area contributed by atoms with Crippen LogP contribution in [0.15, 0.2) is 0 Å². The minimum absolute atomic E-state index is 0.380. The van der Waals surface area contributed by atoms with E-state index in [1.165, 1.54) is 0 Å². The number of hydrogen-bond acceptors (Lipinski definition) is 5. The number of epoxide rings is 2. The predicted octanol–water partition coefficient (Wildman–Crippen LogP) is 1.39. The second-order valence-corrected chi connectivity index (χ2v) is 5.09. The maximum Gasteiger partial charge on any atom is 0.104 e. The van der Waals surface area contributed by atoms with E-state index in [0.717, 1.165) is 78.5 Å². The van der Waals surface area contributed by atoms with Gasteiger partial charge in [0.15, 0.2) is 0 Å². The van der Waals surface area contributed by atoms with Gasteiger partial charge in [-0.05, 0) is 25.7 Å². The molecule has 0 aliphatic carbocycles. The van der Waals surface area contributed by atoms with Crippen molar-refractivity contribution in [2.24, 2.45) is 0 Å². The largest absolute Gasteiger partial charge is 0.381 e. The molecular formula is C14H26O5. The topological polar surface area (TPSA) is 52.8 Å². The molecule has 2 heterocycles. The molecule has 0 saturated carbocycles. The van der Waals surface area contributed by atoms with Crippen molar-refractivity contribution in [1.29, 1.82) is 0 Å². The lowest BCUT2D eigenvalue weighted by atomic mass is 10.3. The van der Waals surface area contributed by atoms with Gasteiger partial charge in [-0.2, -0.15) is 0 Å². The first kappa shape index (κ1) is 15.2. The highest BCUT2D eigenvalue weighted by molar-refractivity contribution is 4.67. The summed E-state index contributed by atoms with van der Waals surface area (Å²) in [5.41, 5.74) is 0. The van der Waals surface area contributed by atoms with Gasteiger partial charge in [0, 0.05) is 26.4 Å². The lowest BCUT2D eigenvalue weighted by molar-refractivity contribution is 0.0835. The number of hydrogen-bond donors (Lipinski definition) is 0. The molecule has 5 nitrogen and oxygen atoms in total. The normalized spacial score (nSPS) is 24.6. The number of rotatable bonds is 14. The molecule has 2 fully saturated rings. The summed E-state index contributed by atoms with van der Waals surface area (Å²) < 4.78 is 26.6. The van der Waals surface area contributed by atoms with E-state index in [1.54, 1.807) is 0 Å². The fourth-order valence-electron chi connectivity index (χ4n) is 1.68. The molecule has 0 aromatic rings. The van der Waals surface area contributed by atoms with Gasteiger partial charge in [0.25, 0.3) is 0 Å².